The van der Waals surface area contributed by atoms with Gasteiger partial charge in [-0.05, 0) is 12.5 Å². The predicted octanol–water partition coefficient (Wildman–Crippen LogP) is 1.92. The summed E-state index contributed by atoms with van der Waals surface area (Å²) in [6, 6.07) is 11.1. The Kier molecular flexibility index (Phi) is 4.54. The third-order valence-electron chi connectivity index (χ3n) is 3.22. The Morgan fingerprint density at radius 2 is 2.12 bits per heavy atom. The van der Waals surface area contributed by atoms with Gasteiger partial charge in [-0.2, -0.15) is 0 Å². The number of morpholine rings is 1. The van der Waals surface area contributed by atoms with Crippen molar-refractivity contribution in [1.29, 1.82) is 0 Å². The number of ether oxygens (including phenoxy) is 2. The van der Waals surface area contributed by atoms with Gasteiger partial charge < -0.3 is 9.47 Å². The van der Waals surface area contributed by atoms with Gasteiger partial charge in [0.05, 0.1) is 19.3 Å². The molecule has 3 nitrogen and oxygen atoms in total. The summed E-state index contributed by atoms with van der Waals surface area (Å²) in [7, 11) is 1.73. The highest BCUT2D eigenvalue weighted by atomic mass is 16.5. The van der Waals surface area contributed by atoms with Crippen molar-refractivity contribution in [2.45, 2.75) is 25.6 Å². The standard InChI is InChI=1S/C14H21NO2/c1-12-10-17-14(11-16-2)9-15(12)8-13-6-4-3-5-7-13/h3-7,12,14H,8-11H2,1-2H3/t12-,14+/m0/s1. The molecule has 1 aliphatic heterocycles. The number of benzene rings is 1. The highest BCUT2D eigenvalue weighted by Crippen LogP contribution is 2.15. The van der Waals surface area contributed by atoms with Crippen molar-refractivity contribution in [3.8, 4) is 0 Å². The fourth-order valence-corrected chi connectivity index (χ4v) is 2.20. The van der Waals surface area contributed by atoms with Crippen molar-refractivity contribution in [3.63, 3.8) is 0 Å². The fourth-order valence-electron chi connectivity index (χ4n) is 2.20. The Morgan fingerprint density at radius 1 is 1.35 bits per heavy atom. The summed E-state index contributed by atoms with van der Waals surface area (Å²) in [6.45, 7) is 5.63. The average Bonchev–Trinajstić information content (AvgIpc) is 2.35. The molecule has 94 valence electrons. The van der Waals surface area contributed by atoms with E-state index in [9.17, 15) is 0 Å². The largest absolute Gasteiger partial charge is 0.382 e. The summed E-state index contributed by atoms with van der Waals surface area (Å²) in [6.07, 6.45) is 0.208. The van der Waals surface area contributed by atoms with Gasteiger partial charge in [0.25, 0.3) is 0 Å². The lowest BCUT2D eigenvalue weighted by molar-refractivity contribution is -0.0867. The molecule has 1 saturated heterocycles. The summed E-state index contributed by atoms with van der Waals surface area (Å²) < 4.78 is 10.9. The Morgan fingerprint density at radius 3 is 2.82 bits per heavy atom. The maximum atomic E-state index is 5.73. The molecule has 3 heteroatoms. The van der Waals surface area contributed by atoms with Gasteiger partial charge in [0.2, 0.25) is 0 Å². The Balaban J connectivity index is 1.94. The van der Waals surface area contributed by atoms with Crippen LogP contribution < -0.4 is 0 Å². The highest BCUT2D eigenvalue weighted by Gasteiger charge is 2.25. The van der Waals surface area contributed by atoms with Crippen LogP contribution in [0.3, 0.4) is 0 Å². The lowest BCUT2D eigenvalue weighted by Crippen LogP contribution is -2.49. The van der Waals surface area contributed by atoms with Gasteiger partial charge in [0.15, 0.2) is 0 Å². The summed E-state index contributed by atoms with van der Waals surface area (Å²) in [5.41, 5.74) is 1.36. The maximum Gasteiger partial charge on any atom is 0.0935 e. The molecule has 1 aromatic carbocycles. The molecule has 0 saturated carbocycles. The lowest BCUT2D eigenvalue weighted by atomic mass is 10.1. The van der Waals surface area contributed by atoms with Crippen molar-refractivity contribution in [2.24, 2.45) is 0 Å². The van der Waals surface area contributed by atoms with Crippen LogP contribution in [0.15, 0.2) is 30.3 Å². The first-order valence-electron chi connectivity index (χ1n) is 6.18. The molecule has 1 heterocycles. The number of nitrogens with zero attached hydrogens (tertiary/aromatic N) is 1. The second kappa shape index (κ2) is 6.15. The first-order valence-corrected chi connectivity index (χ1v) is 6.18. The van der Waals surface area contributed by atoms with Gasteiger partial charge in [0.1, 0.15) is 0 Å². The van der Waals surface area contributed by atoms with Crippen LogP contribution >= 0.6 is 0 Å². The molecular formula is C14H21NO2. The average molecular weight is 235 g/mol. The molecule has 0 spiro atoms. The molecule has 17 heavy (non-hydrogen) atoms. The molecule has 0 aromatic heterocycles. The minimum atomic E-state index is 0.208. The Hall–Kier alpha value is -0.900. The van der Waals surface area contributed by atoms with E-state index in [1.165, 1.54) is 5.56 Å². The van der Waals surface area contributed by atoms with Crippen LogP contribution in [0.2, 0.25) is 0 Å². The van der Waals surface area contributed by atoms with E-state index in [0.717, 1.165) is 19.7 Å². The van der Waals surface area contributed by atoms with Crippen LogP contribution in [0.1, 0.15) is 12.5 Å². The molecule has 2 rings (SSSR count). The molecule has 0 unspecified atom stereocenters. The summed E-state index contributed by atoms with van der Waals surface area (Å²) >= 11 is 0. The third-order valence-corrected chi connectivity index (χ3v) is 3.22. The monoisotopic (exact) mass is 235 g/mol. The first kappa shape index (κ1) is 12.6. The molecule has 0 bridgehead atoms. The molecule has 2 atom stereocenters. The lowest BCUT2D eigenvalue weighted by Gasteiger charge is -2.37. The van der Waals surface area contributed by atoms with Gasteiger partial charge in [-0.15, -0.1) is 0 Å². The Bertz CT molecular complexity index is 328. The van der Waals surface area contributed by atoms with Gasteiger partial charge in [0, 0.05) is 26.2 Å². The van der Waals surface area contributed by atoms with E-state index in [2.05, 4.69) is 42.2 Å². The topological polar surface area (TPSA) is 21.7 Å². The van der Waals surface area contributed by atoms with Crippen molar-refractivity contribution in [1.82, 2.24) is 4.90 Å². The maximum absolute atomic E-state index is 5.73. The van der Waals surface area contributed by atoms with Crippen LogP contribution in [0.25, 0.3) is 0 Å². The van der Waals surface area contributed by atoms with E-state index in [0.29, 0.717) is 12.6 Å². The van der Waals surface area contributed by atoms with E-state index < -0.39 is 0 Å². The molecular weight excluding hydrogens is 214 g/mol. The second-order valence-corrected chi connectivity index (χ2v) is 4.67. The number of rotatable bonds is 4. The normalized spacial score (nSPS) is 26.0. The Labute approximate surface area is 103 Å². The molecule has 0 amide bonds. The fraction of sp³-hybridized carbons (Fsp3) is 0.571. The summed E-state index contributed by atoms with van der Waals surface area (Å²) in [4.78, 5) is 2.46. The molecule has 0 aliphatic carbocycles. The number of methoxy groups -OCH3 is 1. The number of hydrogen-bond acceptors (Lipinski definition) is 3. The molecule has 1 aliphatic rings. The van der Waals surface area contributed by atoms with E-state index >= 15 is 0 Å². The third kappa shape index (κ3) is 3.53. The van der Waals surface area contributed by atoms with E-state index in [1.54, 1.807) is 7.11 Å². The predicted molar refractivity (Wildman–Crippen MR) is 67.9 cm³/mol. The second-order valence-electron chi connectivity index (χ2n) is 4.67. The van der Waals surface area contributed by atoms with Gasteiger partial charge >= 0.3 is 0 Å². The summed E-state index contributed by atoms with van der Waals surface area (Å²) in [5, 5.41) is 0. The van der Waals surface area contributed by atoms with Crippen LogP contribution in [-0.2, 0) is 16.0 Å². The van der Waals surface area contributed by atoms with Gasteiger partial charge in [-0.1, -0.05) is 30.3 Å². The molecule has 0 N–H and O–H groups in total. The van der Waals surface area contributed by atoms with E-state index in [1.807, 2.05) is 0 Å². The van der Waals surface area contributed by atoms with Crippen molar-refractivity contribution in [3.05, 3.63) is 35.9 Å². The van der Waals surface area contributed by atoms with E-state index in [-0.39, 0.29) is 6.10 Å². The molecule has 1 fully saturated rings. The van der Waals surface area contributed by atoms with Crippen LogP contribution in [0.5, 0.6) is 0 Å². The molecule has 1 aromatic rings. The SMILES string of the molecule is COC[C@H]1CN(Cc2ccccc2)[C@@H](C)CO1. The highest BCUT2D eigenvalue weighted by molar-refractivity contribution is 5.14. The summed E-state index contributed by atoms with van der Waals surface area (Å²) in [5.74, 6) is 0. The minimum Gasteiger partial charge on any atom is -0.382 e. The zero-order valence-corrected chi connectivity index (χ0v) is 10.6. The zero-order valence-electron chi connectivity index (χ0n) is 10.6. The smallest absolute Gasteiger partial charge is 0.0935 e. The van der Waals surface area contributed by atoms with Crippen molar-refractivity contribution < 1.29 is 9.47 Å². The minimum absolute atomic E-state index is 0.208. The van der Waals surface area contributed by atoms with Crippen LogP contribution in [0.4, 0.5) is 0 Å². The van der Waals surface area contributed by atoms with Crippen LogP contribution in [0, 0.1) is 0 Å². The molecule has 0 radical (unpaired) electrons. The quantitative estimate of drug-likeness (QED) is 0.796. The van der Waals surface area contributed by atoms with Crippen molar-refractivity contribution in [2.75, 3.05) is 26.9 Å². The van der Waals surface area contributed by atoms with Gasteiger partial charge in [-0.25, -0.2) is 0 Å². The number of hydrogen-bond donors (Lipinski definition) is 0. The van der Waals surface area contributed by atoms with Crippen molar-refractivity contribution >= 4 is 0 Å². The zero-order chi connectivity index (χ0) is 12.1. The first-order chi connectivity index (χ1) is 8.29. The van der Waals surface area contributed by atoms with E-state index in [4.69, 9.17) is 9.47 Å². The van der Waals surface area contributed by atoms with Gasteiger partial charge in [-0.3, -0.25) is 4.90 Å². The van der Waals surface area contributed by atoms with Crippen LogP contribution in [-0.4, -0.2) is 43.9 Å².